The van der Waals surface area contributed by atoms with Crippen molar-refractivity contribution in [2.24, 2.45) is 0 Å². The number of carbonyl (C=O) groups is 1. The van der Waals surface area contributed by atoms with E-state index in [0.717, 1.165) is 16.5 Å². The van der Waals surface area contributed by atoms with Gasteiger partial charge in [0.05, 0.1) is 6.54 Å². The molecular formula is C22H20ClFN4O3. The quantitative estimate of drug-likeness (QED) is 0.672. The maximum Gasteiger partial charge on any atom is 0.328 e. The normalized spacial score (nSPS) is 14.0. The van der Waals surface area contributed by atoms with Crippen molar-refractivity contribution in [2.75, 3.05) is 31.1 Å². The van der Waals surface area contributed by atoms with Crippen molar-refractivity contribution in [3.63, 3.8) is 0 Å². The smallest absolute Gasteiger partial charge is 0.328 e. The standard InChI is InChI=1S/C22H20ClFN4O3/c23-16-5-3-6-17(12-16)26-8-10-27(11-9-26)20(29)18-13-25-22(31)28(21(18)30)14-15-4-1-2-7-19(15)24/h1-7,12-13H,8-11,14H2,(H,25,31). The summed E-state index contributed by atoms with van der Waals surface area (Å²) >= 11 is 6.06. The van der Waals surface area contributed by atoms with Crippen LogP contribution in [0.4, 0.5) is 10.1 Å². The maximum atomic E-state index is 14.0. The summed E-state index contributed by atoms with van der Waals surface area (Å²) in [6.07, 6.45) is 1.13. The highest BCUT2D eigenvalue weighted by Crippen LogP contribution is 2.21. The molecule has 0 saturated carbocycles. The number of benzene rings is 2. The SMILES string of the molecule is O=C(c1c[nH]c(=O)n(Cc2ccccc2F)c1=O)N1CCN(c2cccc(Cl)c2)CC1. The van der Waals surface area contributed by atoms with Gasteiger partial charge in [-0.1, -0.05) is 35.9 Å². The molecule has 1 aliphatic rings. The molecular weight excluding hydrogens is 423 g/mol. The van der Waals surface area contributed by atoms with E-state index in [9.17, 15) is 18.8 Å². The van der Waals surface area contributed by atoms with E-state index in [1.807, 2.05) is 18.2 Å². The molecule has 1 aliphatic heterocycles. The van der Waals surface area contributed by atoms with Gasteiger partial charge in [-0.05, 0) is 24.3 Å². The molecule has 1 fully saturated rings. The van der Waals surface area contributed by atoms with Gasteiger partial charge in [-0.2, -0.15) is 0 Å². The highest BCUT2D eigenvalue weighted by Gasteiger charge is 2.25. The number of H-pyrrole nitrogens is 1. The van der Waals surface area contributed by atoms with Gasteiger partial charge >= 0.3 is 5.69 Å². The molecule has 1 saturated heterocycles. The van der Waals surface area contributed by atoms with E-state index in [1.54, 1.807) is 17.0 Å². The molecule has 0 unspecified atom stereocenters. The largest absolute Gasteiger partial charge is 0.368 e. The van der Waals surface area contributed by atoms with Crippen LogP contribution in [0.1, 0.15) is 15.9 Å². The minimum Gasteiger partial charge on any atom is -0.368 e. The van der Waals surface area contributed by atoms with Crippen LogP contribution in [0, 0.1) is 5.82 Å². The number of rotatable bonds is 4. The fourth-order valence-corrected chi connectivity index (χ4v) is 3.80. The van der Waals surface area contributed by atoms with Crippen LogP contribution in [0.2, 0.25) is 5.02 Å². The molecule has 3 aromatic rings. The van der Waals surface area contributed by atoms with Crippen molar-refractivity contribution < 1.29 is 9.18 Å². The number of carbonyl (C=O) groups excluding carboxylic acids is 1. The first kappa shape index (κ1) is 20.9. The van der Waals surface area contributed by atoms with Crippen molar-refractivity contribution >= 4 is 23.2 Å². The van der Waals surface area contributed by atoms with Crippen LogP contribution in [0.25, 0.3) is 0 Å². The highest BCUT2D eigenvalue weighted by atomic mass is 35.5. The van der Waals surface area contributed by atoms with Crippen molar-refractivity contribution in [1.29, 1.82) is 0 Å². The van der Waals surface area contributed by atoms with Gasteiger partial charge in [-0.15, -0.1) is 0 Å². The Balaban J connectivity index is 1.52. The lowest BCUT2D eigenvalue weighted by molar-refractivity contribution is 0.0743. The molecule has 7 nitrogen and oxygen atoms in total. The topological polar surface area (TPSA) is 78.4 Å². The molecule has 0 radical (unpaired) electrons. The van der Waals surface area contributed by atoms with Crippen LogP contribution in [0.15, 0.2) is 64.3 Å². The monoisotopic (exact) mass is 442 g/mol. The number of halogens is 2. The van der Waals surface area contributed by atoms with E-state index >= 15 is 0 Å². The third kappa shape index (κ3) is 4.39. The van der Waals surface area contributed by atoms with E-state index < -0.39 is 23.0 Å². The predicted molar refractivity (Wildman–Crippen MR) is 116 cm³/mol. The Morgan fingerprint density at radius 1 is 1.03 bits per heavy atom. The molecule has 2 aromatic carbocycles. The fraction of sp³-hybridized carbons (Fsp3) is 0.227. The van der Waals surface area contributed by atoms with Crippen molar-refractivity contribution in [3.8, 4) is 0 Å². The summed E-state index contributed by atoms with van der Waals surface area (Å²) in [5.41, 5.74) is -0.428. The number of nitrogens with one attached hydrogen (secondary N) is 1. The second-order valence-corrected chi connectivity index (χ2v) is 7.69. The van der Waals surface area contributed by atoms with Gasteiger partial charge in [-0.25, -0.2) is 9.18 Å². The van der Waals surface area contributed by atoms with E-state index in [2.05, 4.69) is 9.88 Å². The Morgan fingerprint density at radius 3 is 2.48 bits per heavy atom. The molecule has 9 heteroatoms. The van der Waals surface area contributed by atoms with Gasteiger partial charge < -0.3 is 14.8 Å². The summed E-state index contributed by atoms with van der Waals surface area (Å²) in [7, 11) is 0. The van der Waals surface area contributed by atoms with E-state index in [1.165, 1.54) is 18.2 Å². The van der Waals surface area contributed by atoms with E-state index in [-0.39, 0.29) is 17.7 Å². The first-order chi connectivity index (χ1) is 14.9. The zero-order valence-electron chi connectivity index (χ0n) is 16.6. The van der Waals surface area contributed by atoms with Gasteiger partial charge in [0.15, 0.2) is 0 Å². The Kier molecular flexibility index (Phi) is 5.90. The number of hydrogen-bond donors (Lipinski definition) is 1. The zero-order valence-corrected chi connectivity index (χ0v) is 17.3. The Morgan fingerprint density at radius 2 is 1.77 bits per heavy atom. The van der Waals surface area contributed by atoms with Crippen LogP contribution in [0.5, 0.6) is 0 Å². The number of piperazine rings is 1. The van der Waals surface area contributed by atoms with Gasteiger partial charge in [0.1, 0.15) is 11.4 Å². The Hall–Kier alpha value is -3.39. The molecule has 31 heavy (non-hydrogen) atoms. The highest BCUT2D eigenvalue weighted by molar-refractivity contribution is 6.30. The van der Waals surface area contributed by atoms with Crippen LogP contribution >= 0.6 is 11.6 Å². The van der Waals surface area contributed by atoms with Gasteiger partial charge in [-0.3, -0.25) is 14.2 Å². The molecule has 0 aliphatic carbocycles. The second-order valence-electron chi connectivity index (χ2n) is 7.25. The lowest BCUT2D eigenvalue weighted by Gasteiger charge is -2.36. The first-order valence-electron chi connectivity index (χ1n) is 9.80. The molecule has 1 N–H and O–H groups in total. The Bertz CT molecular complexity index is 1230. The molecule has 2 heterocycles. The van der Waals surface area contributed by atoms with E-state index in [0.29, 0.717) is 31.2 Å². The molecule has 0 spiro atoms. The predicted octanol–water partition coefficient (Wildman–Crippen LogP) is 2.34. The van der Waals surface area contributed by atoms with Crippen LogP contribution < -0.4 is 16.1 Å². The molecule has 0 bridgehead atoms. The summed E-state index contributed by atoms with van der Waals surface area (Å²) in [4.78, 5) is 44.1. The van der Waals surface area contributed by atoms with Gasteiger partial charge in [0.2, 0.25) is 0 Å². The average molecular weight is 443 g/mol. The number of aromatic nitrogens is 2. The molecule has 1 amide bonds. The fourth-order valence-electron chi connectivity index (χ4n) is 3.62. The lowest BCUT2D eigenvalue weighted by Crippen LogP contribution is -2.50. The third-order valence-electron chi connectivity index (χ3n) is 5.32. The molecule has 160 valence electrons. The summed E-state index contributed by atoms with van der Waals surface area (Å²) in [5, 5.41) is 0.639. The summed E-state index contributed by atoms with van der Waals surface area (Å²) in [6, 6.07) is 13.4. The van der Waals surface area contributed by atoms with Crippen molar-refractivity contribution in [3.05, 3.63) is 97.5 Å². The number of anilines is 1. The maximum absolute atomic E-state index is 14.0. The number of amides is 1. The van der Waals surface area contributed by atoms with Crippen LogP contribution in [-0.4, -0.2) is 46.5 Å². The molecule has 4 rings (SSSR count). The summed E-state index contributed by atoms with van der Waals surface area (Å²) in [6.45, 7) is 1.73. The third-order valence-corrected chi connectivity index (χ3v) is 5.55. The van der Waals surface area contributed by atoms with Crippen LogP contribution in [-0.2, 0) is 6.54 Å². The van der Waals surface area contributed by atoms with E-state index in [4.69, 9.17) is 11.6 Å². The zero-order chi connectivity index (χ0) is 22.0. The number of nitrogens with zero attached hydrogens (tertiary/aromatic N) is 3. The average Bonchev–Trinajstić information content (AvgIpc) is 2.77. The minimum absolute atomic E-state index is 0.146. The second kappa shape index (κ2) is 8.77. The van der Waals surface area contributed by atoms with Crippen molar-refractivity contribution in [2.45, 2.75) is 6.54 Å². The van der Waals surface area contributed by atoms with Crippen molar-refractivity contribution in [1.82, 2.24) is 14.5 Å². The molecule has 1 aromatic heterocycles. The summed E-state index contributed by atoms with van der Waals surface area (Å²) in [5.74, 6) is -0.989. The Labute approximate surface area is 182 Å². The van der Waals surface area contributed by atoms with Gasteiger partial charge in [0.25, 0.3) is 11.5 Å². The van der Waals surface area contributed by atoms with Crippen LogP contribution in [0.3, 0.4) is 0 Å². The van der Waals surface area contributed by atoms with Gasteiger partial charge in [0, 0.05) is 48.6 Å². The summed E-state index contributed by atoms with van der Waals surface area (Å²) < 4.78 is 14.8. The first-order valence-corrected chi connectivity index (χ1v) is 10.2. The minimum atomic E-state index is -0.741. The number of aromatic amines is 1. The molecule has 0 atom stereocenters. The lowest BCUT2D eigenvalue weighted by atomic mass is 10.2. The number of hydrogen-bond acceptors (Lipinski definition) is 4.